The molecule has 0 saturated carbocycles. The minimum absolute atomic E-state index is 0.0854. The molecule has 1 unspecified atom stereocenters. The molecule has 2 N–H and O–H groups in total. The Kier molecular flexibility index (Phi) is 6.35. The second-order valence-corrected chi connectivity index (χ2v) is 5.04. The van der Waals surface area contributed by atoms with Gasteiger partial charge in [-0.15, -0.1) is 0 Å². The van der Waals surface area contributed by atoms with Gasteiger partial charge in [0.25, 0.3) is 5.91 Å². The average molecular weight is 330 g/mol. The molecule has 0 aliphatic heterocycles. The minimum atomic E-state index is -0.861. The number of ether oxygens (including phenoxy) is 1. The van der Waals surface area contributed by atoms with E-state index >= 15 is 0 Å². The van der Waals surface area contributed by atoms with E-state index in [1.54, 1.807) is 19.1 Å². The molecule has 5 nitrogen and oxygen atoms in total. The molecule has 0 radical (unpaired) electrons. The molecule has 0 saturated heterocycles. The molecule has 1 aromatic carbocycles. The zero-order chi connectivity index (χ0) is 14.3. The molecule has 0 fully saturated rings. The Labute approximate surface area is 120 Å². The summed E-state index contributed by atoms with van der Waals surface area (Å²) in [6, 6.07) is 7.19. The van der Waals surface area contributed by atoms with E-state index in [-0.39, 0.29) is 12.5 Å². The quantitative estimate of drug-likeness (QED) is 0.802. The van der Waals surface area contributed by atoms with Gasteiger partial charge in [-0.05, 0) is 24.6 Å². The van der Waals surface area contributed by atoms with Crippen molar-refractivity contribution in [3.63, 3.8) is 0 Å². The Morgan fingerprint density at radius 3 is 2.84 bits per heavy atom. The number of halogens is 1. The van der Waals surface area contributed by atoms with E-state index in [0.717, 1.165) is 4.47 Å². The van der Waals surface area contributed by atoms with Crippen LogP contribution in [0.25, 0.3) is 0 Å². The molecule has 0 spiro atoms. The normalized spacial score (nSPS) is 11.7. The first kappa shape index (κ1) is 15.5. The van der Waals surface area contributed by atoms with Gasteiger partial charge in [-0.2, -0.15) is 0 Å². The lowest BCUT2D eigenvalue weighted by molar-refractivity contribution is -0.141. The van der Waals surface area contributed by atoms with Gasteiger partial charge < -0.3 is 15.2 Å². The number of carboxylic acids is 1. The number of hydrogen-bond donors (Lipinski definition) is 2. The second-order valence-electron chi connectivity index (χ2n) is 4.12. The van der Waals surface area contributed by atoms with Gasteiger partial charge in [-0.1, -0.05) is 28.9 Å². The van der Waals surface area contributed by atoms with Crippen LogP contribution < -0.4 is 10.1 Å². The van der Waals surface area contributed by atoms with Gasteiger partial charge in [0.05, 0.1) is 5.92 Å². The summed E-state index contributed by atoms with van der Waals surface area (Å²) >= 11 is 3.30. The Balaban J connectivity index is 2.23. The number of nitrogens with one attached hydrogen (secondary N) is 1. The summed E-state index contributed by atoms with van der Waals surface area (Å²) in [4.78, 5) is 22.0. The van der Waals surface area contributed by atoms with Gasteiger partial charge in [0, 0.05) is 11.0 Å². The molecule has 104 valence electrons. The fourth-order valence-corrected chi connectivity index (χ4v) is 1.69. The van der Waals surface area contributed by atoms with Crippen LogP contribution in [0.4, 0.5) is 0 Å². The van der Waals surface area contributed by atoms with Crippen LogP contribution in [0.5, 0.6) is 5.75 Å². The third-order valence-electron chi connectivity index (χ3n) is 2.49. The lowest BCUT2D eigenvalue weighted by Gasteiger charge is -2.09. The summed E-state index contributed by atoms with van der Waals surface area (Å²) in [5.41, 5.74) is 0. The summed E-state index contributed by atoms with van der Waals surface area (Å²) in [6.45, 7) is 1.85. The van der Waals surface area contributed by atoms with Gasteiger partial charge >= 0.3 is 5.97 Å². The van der Waals surface area contributed by atoms with Gasteiger partial charge in [-0.3, -0.25) is 9.59 Å². The first-order valence-electron chi connectivity index (χ1n) is 5.87. The maximum atomic E-state index is 11.5. The first-order chi connectivity index (χ1) is 8.99. The third-order valence-corrected chi connectivity index (χ3v) is 2.98. The predicted molar refractivity (Wildman–Crippen MR) is 74.1 cm³/mol. The van der Waals surface area contributed by atoms with Gasteiger partial charge in [0.2, 0.25) is 0 Å². The lowest BCUT2D eigenvalue weighted by atomic mass is 10.1. The van der Waals surface area contributed by atoms with E-state index in [2.05, 4.69) is 21.2 Å². The second kappa shape index (κ2) is 7.78. The van der Waals surface area contributed by atoms with Crippen LogP contribution in [0.1, 0.15) is 13.3 Å². The number of benzene rings is 1. The minimum Gasteiger partial charge on any atom is -0.484 e. The van der Waals surface area contributed by atoms with Crippen LogP contribution in [-0.2, 0) is 9.59 Å². The van der Waals surface area contributed by atoms with Gasteiger partial charge in [-0.25, -0.2) is 0 Å². The fraction of sp³-hybridized carbons (Fsp3) is 0.385. The Bertz CT molecular complexity index is 450. The maximum Gasteiger partial charge on any atom is 0.306 e. The summed E-state index contributed by atoms with van der Waals surface area (Å²) < 4.78 is 6.17. The lowest BCUT2D eigenvalue weighted by Crippen LogP contribution is -2.31. The molecular formula is C13H16BrNO4. The molecule has 6 heteroatoms. The van der Waals surface area contributed by atoms with Crippen molar-refractivity contribution in [2.24, 2.45) is 5.92 Å². The van der Waals surface area contributed by atoms with Crippen LogP contribution in [0.3, 0.4) is 0 Å². The number of carbonyl (C=O) groups is 2. The maximum absolute atomic E-state index is 11.5. The van der Waals surface area contributed by atoms with Gasteiger partial charge in [0.1, 0.15) is 5.75 Å². The number of rotatable bonds is 7. The largest absolute Gasteiger partial charge is 0.484 e. The number of hydrogen-bond acceptors (Lipinski definition) is 3. The van der Waals surface area contributed by atoms with Crippen LogP contribution in [0.15, 0.2) is 28.7 Å². The molecule has 0 aliphatic rings. The van der Waals surface area contributed by atoms with Crippen molar-refractivity contribution in [1.82, 2.24) is 5.32 Å². The number of aliphatic carboxylic acids is 1. The SMILES string of the molecule is CC(CCNC(=O)COc1cccc(Br)c1)C(=O)O. The Hall–Kier alpha value is -1.56. The highest BCUT2D eigenvalue weighted by Gasteiger charge is 2.11. The van der Waals surface area contributed by atoms with E-state index in [1.165, 1.54) is 0 Å². The van der Waals surface area contributed by atoms with Crippen molar-refractivity contribution < 1.29 is 19.4 Å². The van der Waals surface area contributed by atoms with E-state index in [1.807, 2.05) is 12.1 Å². The fourth-order valence-electron chi connectivity index (χ4n) is 1.31. The Morgan fingerprint density at radius 2 is 2.21 bits per heavy atom. The van der Waals surface area contributed by atoms with E-state index in [0.29, 0.717) is 18.7 Å². The van der Waals surface area contributed by atoms with Crippen molar-refractivity contribution >= 4 is 27.8 Å². The highest BCUT2D eigenvalue weighted by molar-refractivity contribution is 9.10. The van der Waals surface area contributed by atoms with Crippen molar-refractivity contribution in [3.05, 3.63) is 28.7 Å². The molecule has 1 aromatic rings. The van der Waals surface area contributed by atoms with E-state index in [4.69, 9.17) is 9.84 Å². The molecule has 1 rings (SSSR count). The van der Waals surface area contributed by atoms with E-state index < -0.39 is 11.9 Å². The summed E-state index contributed by atoms with van der Waals surface area (Å²) in [6.07, 6.45) is 0.401. The number of amides is 1. The van der Waals surface area contributed by atoms with E-state index in [9.17, 15) is 9.59 Å². The van der Waals surface area contributed by atoms with Crippen LogP contribution in [0, 0.1) is 5.92 Å². The van der Waals surface area contributed by atoms with Crippen molar-refractivity contribution in [1.29, 1.82) is 0 Å². The van der Waals surface area contributed by atoms with Crippen LogP contribution in [0.2, 0.25) is 0 Å². The Morgan fingerprint density at radius 1 is 1.47 bits per heavy atom. The molecule has 0 aliphatic carbocycles. The highest BCUT2D eigenvalue weighted by Crippen LogP contribution is 2.17. The average Bonchev–Trinajstić information content (AvgIpc) is 2.36. The molecule has 1 atom stereocenters. The highest BCUT2D eigenvalue weighted by atomic mass is 79.9. The summed E-state index contributed by atoms with van der Waals surface area (Å²) in [5.74, 6) is -0.994. The zero-order valence-corrected chi connectivity index (χ0v) is 12.1. The monoisotopic (exact) mass is 329 g/mol. The predicted octanol–water partition coefficient (Wildman–Crippen LogP) is 2.05. The first-order valence-corrected chi connectivity index (χ1v) is 6.66. The molecule has 0 aromatic heterocycles. The standard InChI is InChI=1S/C13H16BrNO4/c1-9(13(17)18)5-6-15-12(16)8-19-11-4-2-3-10(14)7-11/h2-4,7,9H,5-6,8H2,1H3,(H,15,16)(H,17,18). The molecule has 1 amide bonds. The van der Waals surface area contributed by atoms with Gasteiger partial charge in [0.15, 0.2) is 6.61 Å². The van der Waals surface area contributed by atoms with Crippen LogP contribution >= 0.6 is 15.9 Å². The molecular weight excluding hydrogens is 314 g/mol. The summed E-state index contributed by atoms with van der Waals surface area (Å²) in [5, 5.41) is 11.3. The number of carboxylic acid groups (broad SMARTS) is 1. The zero-order valence-electron chi connectivity index (χ0n) is 10.6. The molecule has 0 heterocycles. The molecule has 0 bridgehead atoms. The van der Waals surface area contributed by atoms with Crippen molar-refractivity contribution in [3.8, 4) is 5.75 Å². The summed E-state index contributed by atoms with van der Waals surface area (Å²) in [7, 11) is 0. The molecule has 19 heavy (non-hydrogen) atoms. The smallest absolute Gasteiger partial charge is 0.306 e. The third kappa shape index (κ3) is 6.24. The topological polar surface area (TPSA) is 75.6 Å². The van der Waals surface area contributed by atoms with Crippen molar-refractivity contribution in [2.75, 3.05) is 13.2 Å². The van der Waals surface area contributed by atoms with Crippen LogP contribution in [-0.4, -0.2) is 30.1 Å². The van der Waals surface area contributed by atoms with Crippen molar-refractivity contribution in [2.45, 2.75) is 13.3 Å². The number of carbonyl (C=O) groups excluding carboxylic acids is 1.